The number of hydrogen-bond donors (Lipinski definition) is 0. The van der Waals surface area contributed by atoms with E-state index in [2.05, 4.69) is 20.9 Å². The lowest BCUT2D eigenvalue weighted by molar-refractivity contribution is -0.138. The Bertz CT molecular complexity index is 799. The number of pyridine rings is 1. The number of alkyl halides is 3. The molecule has 0 saturated carbocycles. The Labute approximate surface area is 162 Å². The topological polar surface area (TPSA) is 42.4 Å². The quantitative estimate of drug-likeness (QED) is 0.563. The first-order chi connectivity index (χ1) is 12.7. The zero-order valence-corrected chi connectivity index (χ0v) is 16.0. The van der Waals surface area contributed by atoms with Crippen molar-refractivity contribution < 1.29 is 27.1 Å². The molecule has 4 nitrogen and oxygen atoms in total. The molecule has 0 spiro atoms. The number of rotatable bonds is 7. The van der Waals surface area contributed by atoms with Crippen LogP contribution in [0.25, 0.3) is 0 Å². The van der Waals surface area contributed by atoms with Crippen LogP contribution in [0.3, 0.4) is 0 Å². The van der Waals surface area contributed by atoms with E-state index < -0.39 is 29.0 Å². The van der Waals surface area contributed by atoms with Gasteiger partial charge in [-0.3, -0.25) is 9.78 Å². The minimum absolute atomic E-state index is 0.00836. The van der Waals surface area contributed by atoms with Gasteiger partial charge in [-0.1, -0.05) is 6.92 Å². The van der Waals surface area contributed by atoms with E-state index in [4.69, 9.17) is 4.74 Å². The molecule has 1 amide bonds. The van der Waals surface area contributed by atoms with Crippen molar-refractivity contribution in [3.63, 3.8) is 0 Å². The number of carbonyl (C=O) groups is 1. The smallest absolute Gasteiger partial charge is 0.417 e. The minimum Gasteiger partial charge on any atom is -0.492 e. The second kappa shape index (κ2) is 9.16. The molecule has 2 rings (SSSR count). The van der Waals surface area contributed by atoms with Crippen molar-refractivity contribution in [1.29, 1.82) is 0 Å². The van der Waals surface area contributed by atoms with E-state index in [-0.39, 0.29) is 29.9 Å². The fourth-order valence-electron chi connectivity index (χ4n) is 2.41. The van der Waals surface area contributed by atoms with Gasteiger partial charge in [0.1, 0.15) is 18.2 Å². The largest absolute Gasteiger partial charge is 0.492 e. The second-order valence-corrected chi connectivity index (χ2v) is 6.49. The first-order valence-electron chi connectivity index (χ1n) is 8.12. The summed E-state index contributed by atoms with van der Waals surface area (Å²) in [7, 11) is 0. The number of ether oxygens (including phenoxy) is 1. The van der Waals surface area contributed by atoms with Crippen LogP contribution in [-0.2, 0) is 6.18 Å². The average Bonchev–Trinajstić information content (AvgIpc) is 2.62. The Hall–Kier alpha value is -2.16. The highest BCUT2D eigenvalue weighted by molar-refractivity contribution is 9.10. The number of nitrogens with zero attached hydrogens (tertiary/aromatic N) is 2. The lowest BCUT2D eigenvalue weighted by Crippen LogP contribution is -2.36. The fourth-order valence-corrected chi connectivity index (χ4v) is 2.65. The predicted octanol–water partition coefficient (Wildman–Crippen LogP) is 4.93. The Morgan fingerprint density at radius 1 is 1.26 bits per heavy atom. The standard InChI is InChI=1S/C18H17BrF4N2O2/c1-2-7-25(8-9-27-12-3-4-15(19)16(20)10-12)17(26)13-11-24-6-5-14(13)18(21,22)23/h3-6,10-11H,2,7-9H2,1H3. The summed E-state index contributed by atoms with van der Waals surface area (Å²) in [5, 5.41) is 0. The lowest BCUT2D eigenvalue weighted by Gasteiger charge is -2.23. The number of amides is 1. The summed E-state index contributed by atoms with van der Waals surface area (Å²) in [6.07, 6.45) is -2.19. The van der Waals surface area contributed by atoms with Crippen LogP contribution in [0.15, 0.2) is 41.1 Å². The van der Waals surface area contributed by atoms with Gasteiger partial charge in [0.15, 0.2) is 0 Å². The third kappa shape index (κ3) is 5.66. The molecule has 0 aliphatic heterocycles. The molecule has 0 aliphatic rings. The third-order valence-electron chi connectivity index (χ3n) is 3.66. The zero-order chi connectivity index (χ0) is 20.0. The molecule has 146 valence electrons. The van der Waals surface area contributed by atoms with Crippen LogP contribution in [0, 0.1) is 5.82 Å². The maximum Gasteiger partial charge on any atom is 0.417 e. The van der Waals surface area contributed by atoms with Crippen LogP contribution in [0.4, 0.5) is 17.6 Å². The van der Waals surface area contributed by atoms with E-state index in [0.29, 0.717) is 6.42 Å². The molecule has 2 aromatic rings. The first-order valence-corrected chi connectivity index (χ1v) is 8.91. The summed E-state index contributed by atoms with van der Waals surface area (Å²) < 4.78 is 58.6. The molecule has 0 radical (unpaired) electrons. The van der Waals surface area contributed by atoms with Gasteiger partial charge < -0.3 is 9.64 Å². The molecular weight excluding hydrogens is 432 g/mol. The van der Waals surface area contributed by atoms with E-state index in [0.717, 1.165) is 18.5 Å². The van der Waals surface area contributed by atoms with Gasteiger partial charge in [0.05, 0.1) is 22.1 Å². The summed E-state index contributed by atoms with van der Waals surface area (Å²) in [6, 6.07) is 4.98. The molecule has 27 heavy (non-hydrogen) atoms. The summed E-state index contributed by atoms with van der Waals surface area (Å²) in [4.78, 5) is 17.5. The number of halogens is 5. The molecule has 1 aromatic carbocycles. The highest BCUT2D eigenvalue weighted by atomic mass is 79.9. The predicted molar refractivity (Wildman–Crippen MR) is 95.0 cm³/mol. The number of benzene rings is 1. The van der Waals surface area contributed by atoms with Gasteiger partial charge in [-0.2, -0.15) is 13.2 Å². The van der Waals surface area contributed by atoms with Crippen molar-refractivity contribution in [3.05, 3.63) is 58.1 Å². The van der Waals surface area contributed by atoms with Crippen LogP contribution in [0.5, 0.6) is 5.75 Å². The summed E-state index contributed by atoms with van der Waals surface area (Å²) >= 11 is 3.03. The Morgan fingerprint density at radius 3 is 2.63 bits per heavy atom. The van der Waals surface area contributed by atoms with Gasteiger partial charge in [0.25, 0.3) is 5.91 Å². The summed E-state index contributed by atoms with van der Waals surface area (Å²) in [6.45, 7) is 2.12. The molecule has 1 aromatic heterocycles. The molecule has 0 saturated heterocycles. The van der Waals surface area contributed by atoms with Crippen LogP contribution >= 0.6 is 15.9 Å². The van der Waals surface area contributed by atoms with E-state index in [1.165, 1.54) is 17.0 Å². The van der Waals surface area contributed by atoms with Crippen molar-refractivity contribution in [2.24, 2.45) is 0 Å². The van der Waals surface area contributed by atoms with Gasteiger partial charge in [0.2, 0.25) is 0 Å². The van der Waals surface area contributed by atoms with Crippen molar-refractivity contribution in [2.75, 3.05) is 19.7 Å². The third-order valence-corrected chi connectivity index (χ3v) is 4.30. The number of aromatic nitrogens is 1. The van der Waals surface area contributed by atoms with Crippen LogP contribution in [0.2, 0.25) is 0 Å². The highest BCUT2D eigenvalue weighted by Crippen LogP contribution is 2.32. The molecule has 9 heteroatoms. The zero-order valence-electron chi connectivity index (χ0n) is 14.4. The van der Waals surface area contributed by atoms with E-state index >= 15 is 0 Å². The van der Waals surface area contributed by atoms with Gasteiger partial charge in [-0.15, -0.1) is 0 Å². The summed E-state index contributed by atoms with van der Waals surface area (Å²) in [5.74, 6) is -1.01. The molecule has 1 heterocycles. The molecule has 0 atom stereocenters. The Morgan fingerprint density at radius 2 is 2.00 bits per heavy atom. The number of carbonyl (C=O) groups excluding carboxylic acids is 1. The van der Waals surface area contributed by atoms with Crippen LogP contribution < -0.4 is 4.74 Å². The maximum absolute atomic E-state index is 13.5. The van der Waals surface area contributed by atoms with Crippen molar-refractivity contribution in [3.8, 4) is 5.75 Å². The second-order valence-electron chi connectivity index (χ2n) is 5.64. The van der Waals surface area contributed by atoms with Gasteiger partial charge in [-0.25, -0.2) is 4.39 Å². The molecular formula is C18H17BrF4N2O2. The Kier molecular flexibility index (Phi) is 7.18. The van der Waals surface area contributed by atoms with Crippen molar-refractivity contribution in [2.45, 2.75) is 19.5 Å². The van der Waals surface area contributed by atoms with Gasteiger partial charge >= 0.3 is 6.18 Å². The molecule has 0 fully saturated rings. The van der Waals surface area contributed by atoms with Crippen LogP contribution in [0.1, 0.15) is 29.3 Å². The normalized spacial score (nSPS) is 11.3. The molecule has 0 N–H and O–H groups in total. The van der Waals surface area contributed by atoms with Crippen LogP contribution in [-0.4, -0.2) is 35.5 Å². The van der Waals surface area contributed by atoms with E-state index in [1.807, 2.05) is 0 Å². The average molecular weight is 449 g/mol. The molecule has 0 aliphatic carbocycles. The monoisotopic (exact) mass is 448 g/mol. The minimum atomic E-state index is -4.66. The maximum atomic E-state index is 13.5. The highest BCUT2D eigenvalue weighted by Gasteiger charge is 2.36. The van der Waals surface area contributed by atoms with E-state index in [1.54, 1.807) is 13.0 Å². The SMILES string of the molecule is CCCN(CCOc1ccc(Br)c(F)c1)C(=O)c1cnccc1C(F)(F)F. The van der Waals surface area contributed by atoms with Gasteiger partial charge in [0, 0.05) is 25.0 Å². The van der Waals surface area contributed by atoms with Gasteiger partial charge in [-0.05, 0) is 40.5 Å². The summed E-state index contributed by atoms with van der Waals surface area (Å²) in [5.41, 5.74) is -1.53. The number of hydrogen-bond acceptors (Lipinski definition) is 3. The lowest BCUT2D eigenvalue weighted by atomic mass is 10.1. The molecule has 0 unspecified atom stereocenters. The van der Waals surface area contributed by atoms with E-state index in [9.17, 15) is 22.4 Å². The van der Waals surface area contributed by atoms with Crippen molar-refractivity contribution >= 4 is 21.8 Å². The molecule has 0 bridgehead atoms. The fraction of sp³-hybridized carbons (Fsp3) is 0.333. The first kappa shape index (κ1) is 21.1. The Balaban J connectivity index is 2.10. The van der Waals surface area contributed by atoms with Crippen molar-refractivity contribution in [1.82, 2.24) is 9.88 Å².